The smallest absolute Gasteiger partial charge is 0.416 e. The first-order valence-electron chi connectivity index (χ1n) is 7.70. The first-order valence-corrected chi connectivity index (χ1v) is 8.08. The van der Waals surface area contributed by atoms with E-state index in [1.54, 1.807) is 6.07 Å². The van der Waals surface area contributed by atoms with Crippen LogP contribution in [-0.2, 0) is 4.74 Å². The average molecular weight is 347 g/mol. The van der Waals surface area contributed by atoms with Crippen LogP contribution in [0.5, 0.6) is 0 Å². The monoisotopic (exact) mass is 346 g/mol. The molecule has 0 aliphatic carbocycles. The third kappa shape index (κ3) is 3.28. The summed E-state index contributed by atoms with van der Waals surface area (Å²) in [7, 11) is 0. The molecule has 1 amide bonds. The van der Waals surface area contributed by atoms with Crippen LogP contribution in [0, 0.1) is 0 Å². The van der Waals surface area contributed by atoms with Gasteiger partial charge in [-0.1, -0.05) is 41.9 Å². The van der Waals surface area contributed by atoms with Crippen molar-refractivity contribution in [1.29, 1.82) is 0 Å². The molecule has 2 aromatic rings. The normalized spacial score (nSPS) is 17.5. The van der Waals surface area contributed by atoms with Crippen LogP contribution in [-0.4, -0.2) is 28.2 Å². The minimum atomic E-state index is -0.489. The lowest BCUT2D eigenvalue weighted by Gasteiger charge is -2.27. The Labute approximate surface area is 145 Å². The molecular weight excluding hydrogens is 328 g/mol. The standard InChI is InChI=1S/C17H19ClN4O2/c1-11(12-7-5-4-6-8-12)19-15-20-13(18)9-14(21-15)22-16(23)24-10-17(22,2)3/h4-9,11H,10H2,1-3H3,(H,19,20,21)/t11-/m0/s1. The van der Waals surface area contributed by atoms with Gasteiger partial charge >= 0.3 is 6.09 Å². The number of benzene rings is 1. The van der Waals surface area contributed by atoms with Gasteiger partial charge in [0.2, 0.25) is 5.95 Å². The second-order valence-corrected chi connectivity index (χ2v) is 6.74. The van der Waals surface area contributed by atoms with E-state index in [9.17, 15) is 4.79 Å². The van der Waals surface area contributed by atoms with Crippen molar-refractivity contribution < 1.29 is 9.53 Å². The zero-order valence-electron chi connectivity index (χ0n) is 13.8. The van der Waals surface area contributed by atoms with Crippen LogP contribution < -0.4 is 10.2 Å². The summed E-state index contributed by atoms with van der Waals surface area (Å²) in [5.41, 5.74) is 0.611. The molecule has 1 saturated heterocycles. The van der Waals surface area contributed by atoms with Crippen molar-refractivity contribution in [2.75, 3.05) is 16.8 Å². The summed E-state index contributed by atoms with van der Waals surface area (Å²) in [6.45, 7) is 6.13. The fourth-order valence-corrected chi connectivity index (χ4v) is 2.80. The van der Waals surface area contributed by atoms with Crippen LogP contribution >= 0.6 is 11.6 Å². The summed E-state index contributed by atoms with van der Waals surface area (Å²) in [6.07, 6.45) is -0.433. The highest BCUT2D eigenvalue weighted by molar-refractivity contribution is 6.29. The second-order valence-electron chi connectivity index (χ2n) is 6.35. The van der Waals surface area contributed by atoms with Crippen LogP contribution in [0.4, 0.5) is 16.6 Å². The summed E-state index contributed by atoms with van der Waals surface area (Å²) in [6, 6.07) is 11.5. The van der Waals surface area contributed by atoms with Crippen molar-refractivity contribution in [1.82, 2.24) is 9.97 Å². The average Bonchev–Trinajstić information content (AvgIpc) is 2.80. The number of ether oxygens (including phenoxy) is 1. The van der Waals surface area contributed by atoms with Crippen molar-refractivity contribution in [3.8, 4) is 0 Å². The Morgan fingerprint density at radius 2 is 2.00 bits per heavy atom. The number of anilines is 2. The molecule has 6 nitrogen and oxygen atoms in total. The molecule has 1 aliphatic heterocycles. The Kier molecular flexibility index (Phi) is 4.32. The topological polar surface area (TPSA) is 67.4 Å². The molecule has 126 valence electrons. The van der Waals surface area contributed by atoms with Gasteiger partial charge < -0.3 is 10.1 Å². The molecule has 0 radical (unpaired) electrons. The fraction of sp³-hybridized carbons (Fsp3) is 0.353. The molecule has 0 unspecified atom stereocenters. The highest BCUT2D eigenvalue weighted by Crippen LogP contribution is 2.31. The molecule has 7 heteroatoms. The lowest BCUT2D eigenvalue weighted by atomic mass is 10.1. The van der Waals surface area contributed by atoms with E-state index in [-0.39, 0.29) is 11.2 Å². The maximum atomic E-state index is 12.0. The van der Waals surface area contributed by atoms with E-state index >= 15 is 0 Å². The number of halogens is 1. The Balaban J connectivity index is 1.88. The fourth-order valence-electron chi connectivity index (χ4n) is 2.62. The molecule has 0 saturated carbocycles. The molecule has 24 heavy (non-hydrogen) atoms. The number of rotatable bonds is 4. The third-order valence-corrected chi connectivity index (χ3v) is 4.09. The van der Waals surface area contributed by atoms with Gasteiger partial charge in [-0.3, -0.25) is 4.90 Å². The second kappa shape index (κ2) is 6.28. The maximum Gasteiger partial charge on any atom is 0.416 e. The first kappa shape index (κ1) is 16.5. The predicted molar refractivity (Wildman–Crippen MR) is 93.4 cm³/mol. The van der Waals surface area contributed by atoms with Gasteiger partial charge in [-0.25, -0.2) is 9.78 Å². The molecule has 1 aliphatic rings. The molecule has 1 aromatic heterocycles. The van der Waals surface area contributed by atoms with Crippen molar-refractivity contribution >= 4 is 29.5 Å². The number of aromatic nitrogens is 2. The SMILES string of the molecule is C[C@H](Nc1nc(Cl)cc(N2C(=O)OCC2(C)C)n1)c1ccccc1. The summed E-state index contributed by atoms with van der Waals surface area (Å²) in [5, 5.41) is 3.48. The zero-order valence-corrected chi connectivity index (χ0v) is 14.5. The van der Waals surface area contributed by atoms with Gasteiger partial charge in [0, 0.05) is 6.07 Å². The summed E-state index contributed by atoms with van der Waals surface area (Å²) in [4.78, 5) is 22.2. The Bertz CT molecular complexity index is 752. The molecule has 2 heterocycles. The number of amides is 1. The molecular formula is C17H19ClN4O2. The first-order chi connectivity index (χ1) is 11.4. The largest absolute Gasteiger partial charge is 0.447 e. The Morgan fingerprint density at radius 1 is 1.29 bits per heavy atom. The molecule has 0 bridgehead atoms. The summed E-state index contributed by atoms with van der Waals surface area (Å²) in [5.74, 6) is 0.787. The van der Waals surface area contributed by atoms with Gasteiger partial charge in [-0.15, -0.1) is 0 Å². The quantitative estimate of drug-likeness (QED) is 0.846. The Morgan fingerprint density at radius 3 is 2.62 bits per heavy atom. The number of carbonyl (C=O) groups excluding carboxylic acids is 1. The summed E-state index contributed by atoms with van der Waals surface area (Å²) < 4.78 is 5.13. The van der Waals surface area contributed by atoms with Crippen LogP contribution in [0.15, 0.2) is 36.4 Å². The van der Waals surface area contributed by atoms with Crippen LogP contribution in [0.3, 0.4) is 0 Å². The molecule has 1 N–H and O–H groups in total. The number of nitrogens with one attached hydrogen (secondary N) is 1. The van der Waals surface area contributed by atoms with Gasteiger partial charge in [-0.2, -0.15) is 4.98 Å². The van der Waals surface area contributed by atoms with Crippen LogP contribution in [0.1, 0.15) is 32.4 Å². The molecule has 3 rings (SSSR count). The summed E-state index contributed by atoms with van der Waals surface area (Å²) >= 11 is 6.13. The molecule has 1 aromatic carbocycles. The minimum absolute atomic E-state index is 0.00365. The third-order valence-electron chi connectivity index (χ3n) is 3.89. The molecule has 1 atom stereocenters. The van der Waals surface area contributed by atoms with Crippen LogP contribution in [0.2, 0.25) is 5.15 Å². The van der Waals surface area contributed by atoms with Gasteiger partial charge in [-0.05, 0) is 26.3 Å². The van der Waals surface area contributed by atoms with Gasteiger partial charge in [0.1, 0.15) is 17.6 Å². The van der Waals surface area contributed by atoms with E-state index in [1.807, 2.05) is 51.1 Å². The molecule has 1 fully saturated rings. The van der Waals surface area contributed by atoms with E-state index < -0.39 is 11.6 Å². The van der Waals surface area contributed by atoms with E-state index in [4.69, 9.17) is 16.3 Å². The van der Waals surface area contributed by atoms with E-state index in [0.717, 1.165) is 5.56 Å². The van der Waals surface area contributed by atoms with Crippen molar-refractivity contribution in [2.45, 2.75) is 32.4 Å². The maximum absolute atomic E-state index is 12.0. The lowest BCUT2D eigenvalue weighted by Crippen LogP contribution is -2.42. The number of nitrogens with zero attached hydrogens (tertiary/aromatic N) is 3. The van der Waals surface area contributed by atoms with E-state index in [2.05, 4.69) is 15.3 Å². The van der Waals surface area contributed by atoms with Crippen molar-refractivity contribution in [2.24, 2.45) is 0 Å². The van der Waals surface area contributed by atoms with Gasteiger partial charge in [0.15, 0.2) is 0 Å². The molecule has 0 spiro atoms. The number of carbonyl (C=O) groups is 1. The van der Waals surface area contributed by atoms with Crippen molar-refractivity contribution in [3.05, 3.63) is 47.1 Å². The lowest BCUT2D eigenvalue weighted by molar-refractivity contribution is 0.175. The highest BCUT2D eigenvalue weighted by atomic mass is 35.5. The van der Waals surface area contributed by atoms with Gasteiger partial charge in [0.25, 0.3) is 0 Å². The van der Waals surface area contributed by atoms with E-state index in [0.29, 0.717) is 18.4 Å². The highest BCUT2D eigenvalue weighted by Gasteiger charge is 2.42. The number of cyclic esters (lactones) is 1. The number of hydrogen-bond donors (Lipinski definition) is 1. The minimum Gasteiger partial charge on any atom is -0.447 e. The number of hydrogen-bond acceptors (Lipinski definition) is 5. The predicted octanol–water partition coefficient (Wildman–Crippen LogP) is 4.04. The van der Waals surface area contributed by atoms with Crippen LogP contribution in [0.25, 0.3) is 0 Å². The van der Waals surface area contributed by atoms with E-state index in [1.165, 1.54) is 4.90 Å². The zero-order chi connectivity index (χ0) is 17.3. The van der Waals surface area contributed by atoms with Crippen molar-refractivity contribution in [3.63, 3.8) is 0 Å². The van der Waals surface area contributed by atoms with Gasteiger partial charge in [0.05, 0.1) is 11.6 Å². The Hall–Kier alpha value is -2.34.